The van der Waals surface area contributed by atoms with Crippen molar-refractivity contribution in [3.05, 3.63) is 118 Å². The van der Waals surface area contributed by atoms with Gasteiger partial charge < -0.3 is 0 Å². The van der Waals surface area contributed by atoms with Crippen LogP contribution < -0.4 is 0 Å². The Morgan fingerprint density at radius 1 is 0.667 bits per heavy atom. The second-order valence-corrected chi connectivity index (χ2v) is 7.28. The molecule has 0 unspecified atom stereocenters. The molecule has 4 rings (SSSR count). The van der Waals surface area contributed by atoms with Gasteiger partial charge in [0.2, 0.25) is 0 Å². The van der Waals surface area contributed by atoms with Crippen LogP contribution in [0.2, 0.25) is 0 Å². The van der Waals surface area contributed by atoms with E-state index in [0.29, 0.717) is 10.9 Å². The first kappa shape index (κ1) is 19.5. The maximum Gasteiger partial charge on any atom is 0.146 e. The molecule has 0 aliphatic carbocycles. The summed E-state index contributed by atoms with van der Waals surface area (Å²) in [6, 6.07) is 25.4. The van der Waals surface area contributed by atoms with Gasteiger partial charge in [-0.15, -0.1) is 0 Å². The first-order valence-corrected chi connectivity index (χ1v) is 10.0. The van der Waals surface area contributed by atoms with Gasteiger partial charge in [0.1, 0.15) is 5.82 Å². The van der Waals surface area contributed by atoms with Gasteiger partial charge in [-0.2, -0.15) is 0 Å². The summed E-state index contributed by atoms with van der Waals surface area (Å²) in [5.74, 6) is 12.1. The number of hydrogen-bond acceptors (Lipinski definition) is 0. The number of halogens is 1. The summed E-state index contributed by atoms with van der Waals surface area (Å²) in [6.07, 6.45) is 1.03. The van der Waals surface area contributed by atoms with Crippen LogP contribution in [-0.2, 0) is 6.42 Å². The van der Waals surface area contributed by atoms with Gasteiger partial charge in [0.05, 0.1) is 5.56 Å². The van der Waals surface area contributed by atoms with Crippen LogP contribution >= 0.6 is 0 Å². The van der Waals surface area contributed by atoms with Crippen molar-refractivity contribution >= 4 is 10.8 Å². The van der Waals surface area contributed by atoms with Crippen molar-refractivity contribution in [3.8, 4) is 23.7 Å². The lowest BCUT2D eigenvalue weighted by Crippen LogP contribution is -1.87. The van der Waals surface area contributed by atoms with Crippen molar-refractivity contribution in [1.29, 1.82) is 0 Å². The van der Waals surface area contributed by atoms with Crippen molar-refractivity contribution in [2.24, 2.45) is 0 Å². The molecule has 0 bridgehead atoms. The molecule has 1 heteroatoms. The van der Waals surface area contributed by atoms with Gasteiger partial charge in [0.25, 0.3) is 0 Å². The van der Waals surface area contributed by atoms with Gasteiger partial charge >= 0.3 is 0 Å². The molecule has 0 atom stereocenters. The SMILES string of the molecule is CCc1ccc(C#Cc2ccc(C#Cc3ccc4cc(C)ccc4c3F)cc2)cc1. The largest absolute Gasteiger partial charge is 0.205 e. The van der Waals surface area contributed by atoms with E-state index in [1.807, 2.05) is 67.6 Å². The van der Waals surface area contributed by atoms with E-state index < -0.39 is 0 Å². The van der Waals surface area contributed by atoms with Gasteiger partial charge in [-0.25, -0.2) is 4.39 Å². The second-order valence-electron chi connectivity index (χ2n) is 7.28. The van der Waals surface area contributed by atoms with Gasteiger partial charge in [-0.1, -0.05) is 72.6 Å². The minimum Gasteiger partial charge on any atom is -0.205 e. The summed E-state index contributed by atoms with van der Waals surface area (Å²) in [6.45, 7) is 4.14. The molecule has 0 aliphatic heterocycles. The summed E-state index contributed by atoms with van der Waals surface area (Å²) in [7, 11) is 0. The van der Waals surface area contributed by atoms with Crippen molar-refractivity contribution in [2.45, 2.75) is 20.3 Å². The predicted octanol–water partition coefficient (Wildman–Crippen LogP) is 6.65. The molecule has 0 saturated carbocycles. The fraction of sp³-hybridized carbons (Fsp3) is 0.103. The highest BCUT2D eigenvalue weighted by atomic mass is 19.1. The van der Waals surface area contributed by atoms with Crippen LogP contribution in [0.15, 0.2) is 78.9 Å². The monoisotopic (exact) mass is 388 g/mol. The third-order valence-electron chi connectivity index (χ3n) is 5.05. The van der Waals surface area contributed by atoms with E-state index >= 15 is 0 Å². The molecule has 0 fully saturated rings. The number of rotatable bonds is 1. The predicted molar refractivity (Wildman–Crippen MR) is 123 cm³/mol. The van der Waals surface area contributed by atoms with Crippen molar-refractivity contribution in [3.63, 3.8) is 0 Å². The Hall–Kier alpha value is -3.81. The van der Waals surface area contributed by atoms with Crippen molar-refractivity contribution in [1.82, 2.24) is 0 Å². The molecular weight excluding hydrogens is 367 g/mol. The molecule has 4 aromatic carbocycles. The average molecular weight is 388 g/mol. The van der Waals surface area contributed by atoms with E-state index in [4.69, 9.17) is 0 Å². The van der Waals surface area contributed by atoms with E-state index in [-0.39, 0.29) is 5.82 Å². The molecule has 0 heterocycles. The fourth-order valence-electron chi connectivity index (χ4n) is 3.25. The van der Waals surface area contributed by atoms with E-state index in [0.717, 1.165) is 34.1 Å². The molecule has 4 aromatic rings. The highest BCUT2D eigenvalue weighted by Crippen LogP contribution is 2.22. The number of hydrogen-bond donors (Lipinski definition) is 0. The van der Waals surface area contributed by atoms with Crippen molar-refractivity contribution < 1.29 is 4.39 Å². The molecule has 0 radical (unpaired) electrons. The molecule has 0 aliphatic rings. The quantitative estimate of drug-likeness (QED) is 0.320. The maximum atomic E-state index is 14.8. The van der Waals surface area contributed by atoms with Crippen LogP contribution in [0.4, 0.5) is 4.39 Å². The van der Waals surface area contributed by atoms with Crippen LogP contribution in [0.5, 0.6) is 0 Å². The van der Waals surface area contributed by atoms with E-state index in [2.05, 4.69) is 42.7 Å². The molecule has 0 spiro atoms. The van der Waals surface area contributed by atoms with Gasteiger partial charge in [-0.3, -0.25) is 0 Å². The van der Waals surface area contributed by atoms with Crippen LogP contribution in [0.1, 0.15) is 40.3 Å². The fourth-order valence-corrected chi connectivity index (χ4v) is 3.25. The molecule has 0 N–H and O–H groups in total. The number of fused-ring (bicyclic) bond motifs is 1. The van der Waals surface area contributed by atoms with E-state index in [9.17, 15) is 4.39 Å². The number of aryl methyl sites for hydroxylation is 2. The molecule has 144 valence electrons. The smallest absolute Gasteiger partial charge is 0.146 e. The Balaban J connectivity index is 1.53. The van der Waals surface area contributed by atoms with Crippen LogP contribution in [0, 0.1) is 36.4 Å². The van der Waals surface area contributed by atoms with Crippen LogP contribution in [0.3, 0.4) is 0 Å². The third kappa shape index (κ3) is 4.43. The topological polar surface area (TPSA) is 0 Å². The lowest BCUT2D eigenvalue weighted by atomic mass is 10.0. The first-order valence-electron chi connectivity index (χ1n) is 10.0. The van der Waals surface area contributed by atoms with Crippen LogP contribution in [0.25, 0.3) is 10.8 Å². The Bertz CT molecular complexity index is 1320. The van der Waals surface area contributed by atoms with Gasteiger partial charge in [0.15, 0.2) is 0 Å². The Morgan fingerprint density at radius 2 is 1.23 bits per heavy atom. The summed E-state index contributed by atoms with van der Waals surface area (Å²) >= 11 is 0. The molecule has 0 amide bonds. The lowest BCUT2D eigenvalue weighted by molar-refractivity contribution is 0.636. The molecule has 0 nitrogen and oxygen atoms in total. The summed E-state index contributed by atoms with van der Waals surface area (Å²) in [5, 5.41) is 1.50. The Labute approximate surface area is 177 Å². The minimum atomic E-state index is -0.267. The second kappa shape index (κ2) is 8.69. The first-order chi connectivity index (χ1) is 14.6. The lowest BCUT2D eigenvalue weighted by Gasteiger charge is -2.03. The molecule has 0 aromatic heterocycles. The zero-order valence-corrected chi connectivity index (χ0v) is 17.1. The Kier molecular flexibility index (Phi) is 5.65. The highest BCUT2D eigenvalue weighted by Gasteiger charge is 2.05. The van der Waals surface area contributed by atoms with E-state index in [1.54, 1.807) is 6.07 Å². The van der Waals surface area contributed by atoms with Gasteiger partial charge in [-0.05, 0) is 66.8 Å². The Morgan fingerprint density at radius 3 is 1.83 bits per heavy atom. The molecule has 0 saturated heterocycles. The number of benzene rings is 4. The third-order valence-corrected chi connectivity index (χ3v) is 5.05. The summed E-state index contributed by atoms with van der Waals surface area (Å²) in [4.78, 5) is 0. The molecular formula is C29H21F. The summed E-state index contributed by atoms with van der Waals surface area (Å²) < 4.78 is 14.8. The maximum absolute atomic E-state index is 14.8. The normalized spacial score (nSPS) is 10.1. The zero-order valence-electron chi connectivity index (χ0n) is 17.1. The van der Waals surface area contributed by atoms with Crippen LogP contribution in [-0.4, -0.2) is 0 Å². The van der Waals surface area contributed by atoms with Crippen molar-refractivity contribution in [2.75, 3.05) is 0 Å². The van der Waals surface area contributed by atoms with E-state index in [1.165, 1.54) is 5.56 Å². The molecule has 30 heavy (non-hydrogen) atoms. The summed E-state index contributed by atoms with van der Waals surface area (Å²) in [5.41, 5.74) is 5.58. The zero-order chi connectivity index (χ0) is 20.9. The minimum absolute atomic E-state index is 0.267. The van der Waals surface area contributed by atoms with Gasteiger partial charge in [0, 0.05) is 22.1 Å². The average Bonchev–Trinajstić information content (AvgIpc) is 2.78. The highest BCUT2D eigenvalue weighted by molar-refractivity contribution is 5.85. The standard InChI is InChI=1S/C29H21F/c1-3-22-5-7-23(8-6-22)9-10-24-11-13-25(14-12-24)15-16-26-17-18-27-20-21(2)4-19-28(27)29(26)30/h4-8,11-14,17-20H,3H2,1-2H3.